The summed E-state index contributed by atoms with van der Waals surface area (Å²) in [5, 5.41) is 11.9. The monoisotopic (exact) mass is 638 g/mol. The fourth-order valence-electron chi connectivity index (χ4n) is 4.69. The first-order chi connectivity index (χ1) is 17.6. The minimum absolute atomic E-state index is 0. The number of benzene rings is 1. The Kier molecular flexibility index (Phi) is 13.2. The van der Waals surface area contributed by atoms with Crippen LogP contribution >= 0.6 is 23.2 Å². The molecule has 1 saturated heterocycles. The number of nitrogens with zero attached hydrogens (tertiary/aromatic N) is 2. The molecule has 1 aromatic carbocycles. The van der Waals surface area contributed by atoms with E-state index < -0.39 is 12.1 Å². The summed E-state index contributed by atoms with van der Waals surface area (Å²) in [7, 11) is 0. The molecule has 1 amide bonds. The van der Waals surface area contributed by atoms with Crippen LogP contribution in [0, 0.1) is 5.41 Å². The van der Waals surface area contributed by atoms with Crippen LogP contribution in [0.25, 0.3) is 11.5 Å². The fourth-order valence-corrected chi connectivity index (χ4v) is 5.11. The number of amides is 1. The summed E-state index contributed by atoms with van der Waals surface area (Å²) >= 11 is 11.8. The Morgan fingerprint density at radius 3 is 2.58 bits per heavy atom. The second-order valence-corrected chi connectivity index (χ2v) is 10.5. The number of hydrogen-bond donors (Lipinski definition) is 2. The van der Waals surface area contributed by atoms with E-state index in [1.165, 1.54) is 12.3 Å². The predicted molar refractivity (Wildman–Crippen MR) is 144 cm³/mol. The summed E-state index contributed by atoms with van der Waals surface area (Å²) < 4.78 is 5.57. The van der Waals surface area contributed by atoms with Gasteiger partial charge < -0.3 is 31.5 Å². The second-order valence-electron chi connectivity index (χ2n) is 9.69. The number of ether oxygens (including phenoxy) is 1. The summed E-state index contributed by atoms with van der Waals surface area (Å²) in [6.45, 7) is 5.27. The van der Waals surface area contributed by atoms with Gasteiger partial charge in [0.15, 0.2) is 6.10 Å². The van der Waals surface area contributed by atoms with E-state index in [0.717, 1.165) is 44.5 Å². The molecule has 205 valence electrons. The molecule has 2 aromatic rings. The predicted octanol–water partition coefficient (Wildman–Crippen LogP) is 5.91. The van der Waals surface area contributed by atoms with Crippen LogP contribution in [-0.2, 0) is 48.8 Å². The maximum absolute atomic E-state index is 12.2. The molecule has 2 fully saturated rings. The van der Waals surface area contributed by atoms with Crippen LogP contribution in [0.15, 0.2) is 36.5 Å². The number of rotatable bonds is 10. The Morgan fingerprint density at radius 1 is 1.29 bits per heavy atom. The minimum Gasteiger partial charge on any atom is -0.699 e. The topological polar surface area (TPSA) is 139 Å². The van der Waals surface area contributed by atoms with E-state index in [2.05, 4.69) is 15.2 Å². The largest absolute Gasteiger partial charge is 0.699 e. The van der Waals surface area contributed by atoms with Crippen molar-refractivity contribution in [3.05, 3.63) is 63.6 Å². The van der Waals surface area contributed by atoms with Crippen molar-refractivity contribution < 1.29 is 52.1 Å². The van der Waals surface area contributed by atoms with Gasteiger partial charge in [0.1, 0.15) is 5.02 Å². The molecular formula is C26H33Cl2N5O4Y-2. The molecule has 1 aliphatic heterocycles. The van der Waals surface area contributed by atoms with Crippen LogP contribution in [0.2, 0.25) is 10.0 Å². The van der Waals surface area contributed by atoms with E-state index in [4.69, 9.17) is 44.5 Å². The zero-order chi connectivity index (χ0) is 27.0. The summed E-state index contributed by atoms with van der Waals surface area (Å²) in [4.78, 5) is 28.8. The molecule has 1 spiro atoms. The summed E-state index contributed by atoms with van der Waals surface area (Å²) in [5.74, 6) is -0.794. The molecule has 4 N–H and O–H groups in total. The molecule has 1 radical (unpaired) electrons. The first kappa shape index (κ1) is 32.7. The number of nitrogens with one attached hydrogen (secondary N) is 3. The average Bonchev–Trinajstić information content (AvgIpc) is 2.80. The van der Waals surface area contributed by atoms with Gasteiger partial charge in [-0.3, -0.25) is 9.59 Å². The molecule has 1 aromatic heterocycles. The Balaban J connectivity index is 0.000000289. The van der Waals surface area contributed by atoms with Gasteiger partial charge in [0.2, 0.25) is 5.88 Å². The molecule has 38 heavy (non-hydrogen) atoms. The zero-order valence-corrected chi connectivity index (χ0v) is 25.7. The summed E-state index contributed by atoms with van der Waals surface area (Å²) in [6.07, 6.45) is 4.32. The molecule has 2 heterocycles. The molecule has 1 atom stereocenters. The number of carboxylic acid groups (broad SMARTS) is 1. The van der Waals surface area contributed by atoms with Crippen LogP contribution in [0.1, 0.15) is 44.6 Å². The van der Waals surface area contributed by atoms with Crippen LogP contribution in [0.5, 0.6) is 5.88 Å². The molecular weight excluding hydrogens is 606 g/mol. The van der Waals surface area contributed by atoms with E-state index >= 15 is 0 Å². The van der Waals surface area contributed by atoms with Crippen molar-refractivity contribution in [1.82, 2.24) is 15.2 Å². The Labute approximate surface area is 258 Å². The molecule has 0 bridgehead atoms. The van der Waals surface area contributed by atoms with E-state index in [1.54, 1.807) is 18.2 Å². The Morgan fingerprint density at radius 2 is 2.00 bits per heavy atom. The van der Waals surface area contributed by atoms with Gasteiger partial charge in [-0.05, 0) is 36.4 Å². The first-order valence-electron chi connectivity index (χ1n) is 12.3. The third-order valence-electron chi connectivity index (χ3n) is 6.43. The Hall–Kier alpha value is -1.49. The number of aliphatic carboxylic acids is 1. The summed E-state index contributed by atoms with van der Waals surface area (Å²) in [5.41, 5.74) is 16.7. The van der Waals surface area contributed by atoms with Crippen LogP contribution < -0.4 is 10.1 Å². The van der Waals surface area contributed by atoms with Crippen molar-refractivity contribution in [2.45, 2.75) is 57.7 Å². The van der Waals surface area contributed by atoms with Gasteiger partial charge in [-0.1, -0.05) is 67.2 Å². The van der Waals surface area contributed by atoms with Crippen molar-refractivity contribution in [3.63, 3.8) is 0 Å². The molecule has 2 aliphatic rings. The van der Waals surface area contributed by atoms with Gasteiger partial charge in [0.25, 0.3) is 5.91 Å². The number of pyridine rings is 1. The van der Waals surface area contributed by atoms with Crippen molar-refractivity contribution >= 4 is 40.8 Å². The first-order valence-corrected chi connectivity index (χ1v) is 13.1. The molecule has 1 saturated carbocycles. The van der Waals surface area contributed by atoms with Crippen LogP contribution in [-0.4, -0.2) is 58.6 Å². The number of likely N-dealkylation sites (tertiary alicyclic amines) is 1. The van der Waals surface area contributed by atoms with E-state index in [0.29, 0.717) is 29.1 Å². The standard InChI is InChI=1S/C16H16Cl2N3O2.C10H17N2O2.Y/c1-2-14(23-16-13(18)7-11(17)9-21-16)15(22)20-8-10-4-3-5-12(19)6-10;11-8-4-10(5-8)6-12(7-10)3-1-2-9(13)14;/h3-7,9,14,19H,2,8H2,1H3,(H,20,22);8,11H,1-7H2,(H,13,14);/q2*-1;. The number of aromatic nitrogens is 1. The molecule has 4 rings (SSSR count). The SMILES string of the molecule is CCC(Oc1ncc(Cl)cc1Cl)C(=O)NCc1cccc([NH-])c1.[NH-]C1CC2(C1)CN(CCCC(=O)O)C2.[Y]. The van der Waals surface area contributed by atoms with Gasteiger partial charge in [-0.25, -0.2) is 4.98 Å². The normalized spacial score (nSPS) is 16.6. The van der Waals surface area contributed by atoms with E-state index in [9.17, 15) is 9.59 Å². The quantitative estimate of drug-likeness (QED) is 0.332. The second kappa shape index (κ2) is 15.3. The average molecular weight is 639 g/mol. The summed E-state index contributed by atoms with van der Waals surface area (Å²) in [6, 6.07) is 8.68. The third-order valence-corrected chi connectivity index (χ3v) is 6.90. The van der Waals surface area contributed by atoms with E-state index in [-0.39, 0.29) is 62.0 Å². The Bertz CT molecular complexity index is 1080. The number of carboxylic acids is 1. The number of halogens is 2. The van der Waals surface area contributed by atoms with Crippen LogP contribution in [0.4, 0.5) is 5.69 Å². The molecule has 1 unspecified atom stereocenters. The van der Waals surface area contributed by atoms with E-state index in [1.807, 2.05) is 13.0 Å². The zero-order valence-electron chi connectivity index (χ0n) is 21.4. The molecule has 12 heteroatoms. The van der Waals surface area contributed by atoms with Crippen LogP contribution in [0.3, 0.4) is 0 Å². The smallest absolute Gasteiger partial charge is 0.303 e. The van der Waals surface area contributed by atoms with Gasteiger partial charge >= 0.3 is 5.97 Å². The molecule has 9 nitrogen and oxygen atoms in total. The maximum atomic E-state index is 12.2. The number of carbonyl (C=O) groups is 2. The van der Waals surface area contributed by atoms with Gasteiger partial charge in [0, 0.05) is 65.0 Å². The molecule has 1 aliphatic carbocycles. The number of hydrogen-bond acceptors (Lipinski definition) is 5. The van der Waals surface area contributed by atoms with Gasteiger partial charge in [0.05, 0.1) is 5.02 Å². The minimum atomic E-state index is -0.708. The van der Waals surface area contributed by atoms with Crippen molar-refractivity contribution in [2.24, 2.45) is 5.41 Å². The fraction of sp³-hybridized carbons (Fsp3) is 0.500. The van der Waals surface area contributed by atoms with Gasteiger partial charge in [-0.2, -0.15) is 0 Å². The maximum Gasteiger partial charge on any atom is 0.303 e. The number of carbonyl (C=O) groups excluding carboxylic acids is 1. The van der Waals surface area contributed by atoms with Crippen molar-refractivity contribution in [2.75, 3.05) is 19.6 Å². The third kappa shape index (κ3) is 9.92. The van der Waals surface area contributed by atoms with Crippen molar-refractivity contribution in [1.29, 1.82) is 0 Å². The van der Waals surface area contributed by atoms with Crippen molar-refractivity contribution in [3.8, 4) is 5.88 Å². The van der Waals surface area contributed by atoms with Gasteiger partial charge in [-0.15, -0.1) is 11.7 Å².